The lowest BCUT2D eigenvalue weighted by atomic mass is 9.95. The van der Waals surface area contributed by atoms with E-state index in [1.54, 1.807) is 23.1 Å². The van der Waals surface area contributed by atoms with Crippen LogP contribution in [0.4, 0.5) is 0 Å². The topological polar surface area (TPSA) is 47.8 Å². The average molecular weight is 372 g/mol. The van der Waals surface area contributed by atoms with Crippen LogP contribution in [0.15, 0.2) is 39.6 Å². The average Bonchev–Trinajstić information content (AvgIpc) is 3.06. The van der Waals surface area contributed by atoms with E-state index in [2.05, 4.69) is 10.4 Å². The Kier molecular flexibility index (Phi) is 4.90. The van der Waals surface area contributed by atoms with Gasteiger partial charge in [-0.3, -0.25) is 9.36 Å². The monoisotopic (exact) mass is 371 g/mol. The number of rotatable bonds is 4. The molecule has 6 heteroatoms. The van der Waals surface area contributed by atoms with E-state index in [1.165, 1.54) is 19.3 Å². The number of para-hydroxylation sites is 1. The van der Waals surface area contributed by atoms with Gasteiger partial charge in [0.05, 0.1) is 21.6 Å². The number of nitrogens with zero attached hydrogens (tertiary/aromatic N) is 3. The van der Waals surface area contributed by atoms with E-state index < -0.39 is 0 Å². The minimum atomic E-state index is 0.106. The Labute approximate surface area is 155 Å². The van der Waals surface area contributed by atoms with Gasteiger partial charge in [0.15, 0.2) is 5.16 Å². The van der Waals surface area contributed by atoms with Gasteiger partial charge in [-0.2, -0.15) is 0 Å². The Bertz CT molecular complexity index is 941. The Morgan fingerprint density at radius 2 is 2.00 bits per heavy atom. The third kappa shape index (κ3) is 3.51. The Morgan fingerprint density at radius 1 is 1.20 bits per heavy atom. The molecule has 0 radical (unpaired) electrons. The molecule has 0 spiro atoms. The second-order valence-corrected chi connectivity index (χ2v) is 8.53. The molecule has 1 saturated carbocycles. The van der Waals surface area contributed by atoms with E-state index in [1.807, 2.05) is 35.8 Å². The molecule has 4 nitrogen and oxygen atoms in total. The molecule has 0 unspecified atom stereocenters. The third-order valence-corrected chi connectivity index (χ3v) is 6.54. The SMILES string of the molecule is Cc1nc(CSc2nc3ccccc3c(=O)n2C2CCCCC2)cs1. The van der Waals surface area contributed by atoms with Gasteiger partial charge in [-0.25, -0.2) is 9.97 Å². The lowest BCUT2D eigenvalue weighted by Crippen LogP contribution is -2.29. The van der Waals surface area contributed by atoms with Crippen molar-refractivity contribution in [3.05, 3.63) is 50.7 Å². The van der Waals surface area contributed by atoms with Crippen LogP contribution in [-0.4, -0.2) is 14.5 Å². The van der Waals surface area contributed by atoms with Crippen LogP contribution < -0.4 is 5.56 Å². The van der Waals surface area contributed by atoms with Crippen LogP contribution in [0, 0.1) is 6.92 Å². The number of hydrogen-bond acceptors (Lipinski definition) is 5. The number of aryl methyl sites for hydroxylation is 1. The van der Waals surface area contributed by atoms with Crippen LogP contribution in [0.25, 0.3) is 10.9 Å². The number of thioether (sulfide) groups is 1. The zero-order chi connectivity index (χ0) is 17.2. The highest BCUT2D eigenvalue weighted by molar-refractivity contribution is 7.98. The highest BCUT2D eigenvalue weighted by Crippen LogP contribution is 2.32. The lowest BCUT2D eigenvalue weighted by molar-refractivity contribution is 0.326. The van der Waals surface area contributed by atoms with E-state index in [0.717, 1.165) is 45.4 Å². The van der Waals surface area contributed by atoms with Crippen LogP contribution in [-0.2, 0) is 5.75 Å². The standard InChI is InChI=1S/C19H21N3OS2/c1-13-20-14(11-24-13)12-25-19-21-17-10-6-5-9-16(17)18(23)22(19)15-7-3-2-4-8-15/h5-6,9-11,15H,2-4,7-8,12H2,1H3. The van der Waals surface area contributed by atoms with Crippen LogP contribution in [0.2, 0.25) is 0 Å². The van der Waals surface area contributed by atoms with E-state index in [0.29, 0.717) is 0 Å². The summed E-state index contributed by atoms with van der Waals surface area (Å²) in [6.07, 6.45) is 5.80. The van der Waals surface area contributed by atoms with Crippen molar-refractivity contribution in [3.8, 4) is 0 Å². The Morgan fingerprint density at radius 3 is 2.76 bits per heavy atom. The van der Waals surface area contributed by atoms with Crippen LogP contribution in [0.3, 0.4) is 0 Å². The maximum Gasteiger partial charge on any atom is 0.262 e. The highest BCUT2D eigenvalue weighted by Gasteiger charge is 2.22. The molecule has 130 valence electrons. The Balaban J connectivity index is 1.75. The van der Waals surface area contributed by atoms with Gasteiger partial charge in [0.25, 0.3) is 5.56 Å². The van der Waals surface area contributed by atoms with Crippen molar-refractivity contribution < 1.29 is 0 Å². The normalized spacial score (nSPS) is 15.7. The first-order valence-electron chi connectivity index (χ1n) is 8.77. The van der Waals surface area contributed by atoms with Gasteiger partial charge in [0.2, 0.25) is 0 Å². The van der Waals surface area contributed by atoms with Crippen LogP contribution in [0.1, 0.15) is 48.8 Å². The molecular formula is C19H21N3OS2. The van der Waals surface area contributed by atoms with Gasteiger partial charge < -0.3 is 0 Å². The number of benzene rings is 1. The molecule has 3 aromatic rings. The van der Waals surface area contributed by atoms with Crippen molar-refractivity contribution in [1.82, 2.24) is 14.5 Å². The summed E-state index contributed by atoms with van der Waals surface area (Å²) in [7, 11) is 0. The van der Waals surface area contributed by atoms with Crippen molar-refractivity contribution in [1.29, 1.82) is 0 Å². The number of fused-ring (bicyclic) bond motifs is 1. The molecule has 1 fully saturated rings. The molecule has 0 bridgehead atoms. The Hall–Kier alpha value is -1.66. The summed E-state index contributed by atoms with van der Waals surface area (Å²) in [4.78, 5) is 22.5. The molecule has 0 N–H and O–H groups in total. The minimum absolute atomic E-state index is 0.106. The van der Waals surface area contributed by atoms with Gasteiger partial charge in [-0.05, 0) is 31.9 Å². The molecule has 1 aliphatic carbocycles. The molecule has 1 aliphatic rings. The minimum Gasteiger partial charge on any atom is -0.284 e. The molecule has 0 saturated heterocycles. The first-order chi connectivity index (χ1) is 12.2. The zero-order valence-corrected chi connectivity index (χ0v) is 15.9. The predicted molar refractivity (Wildman–Crippen MR) is 105 cm³/mol. The molecule has 0 aliphatic heterocycles. The lowest BCUT2D eigenvalue weighted by Gasteiger charge is -2.26. The first-order valence-corrected chi connectivity index (χ1v) is 10.6. The number of hydrogen-bond donors (Lipinski definition) is 0. The highest BCUT2D eigenvalue weighted by atomic mass is 32.2. The zero-order valence-electron chi connectivity index (χ0n) is 14.3. The summed E-state index contributed by atoms with van der Waals surface area (Å²) in [6, 6.07) is 7.96. The van der Waals surface area contributed by atoms with Crippen molar-refractivity contribution in [2.45, 2.75) is 56.0 Å². The molecule has 4 rings (SSSR count). The smallest absolute Gasteiger partial charge is 0.262 e. The summed E-state index contributed by atoms with van der Waals surface area (Å²) < 4.78 is 1.96. The van der Waals surface area contributed by atoms with E-state index in [4.69, 9.17) is 4.98 Å². The second kappa shape index (κ2) is 7.30. The van der Waals surface area contributed by atoms with E-state index in [9.17, 15) is 4.79 Å². The second-order valence-electron chi connectivity index (χ2n) is 6.53. The number of aromatic nitrogens is 3. The van der Waals surface area contributed by atoms with Crippen LogP contribution in [0.5, 0.6) is 0 Å². The number of thiazole rings is 1. The van der Waals surface area contributed by atoms with Crippen molar-refractivity contribution >= 4 is 34.0 Å². The third-order valence-electron chi connectivity index (χ3n) is 4.73. The summed E-state index contributed by atoms with van der Waals surface area (Å²) in [6.45, 7) is 2.02. The van der Waals surface area contributed by atoms with Gasteiger partial charge in [0, 0.05) is 17.2 Å². The quantitative estimate of drug-likeness (QED) is 0.480. The maximum atomic E-state index is 13.2. The van der Waals surface area contributed by atoms with Crippen LogP contribution >= 0.6 is 23.1 Å². The van der Waals surface area contributed by atoms with E-state index in [-0.39, 0.29) is 11.6 Å². The van der Waals surface area contributed by atoms with Crippen molar-refractivity contribution in [3.63, 3.8) is 0 Å². The molecule has 2 aromatic heterocycles. The van der Waals surface area contributed by atoms with Gasteiger partial charge in [-0.15, -0.1) is 11.3 Å². The van der Waals surface area contributed by atoms with Gasteiger partial charge in [0.1, 0.15) is 0 Å². The van der Waals surface area contributed by atoms with E-state index >= 15 is 0 Å². The van der Waals surface area contributed by atoms with Gasteiger partial charge in [-0.1, -0.05) is 43.2 Å². The molecule has 25 heavy (non-hydrogen) atoms. The first kappa shape index (κ1) is 16.8. The fourth-order valence-corrected chi connectivity index (χ4v) is 5.18. The fourth-order valence-electron chi connectivity index (χ4n) is 3.50. The summed E-state index contributed by atoms with van der Waals surface area (Å²) in [5.41, 5.74) is 1.95. The predicted octanol–water partition coefficient (Wildman–Crippen LogP) is 4.96. The fraction of sp³-hybridized carbons (Fsp3) is 0.421. The molecule has 1 aromatic carbocycles. The molecular weight excluding hydrogens is 350 g/mol. The van der Waals surface area contributed by atoms with Gasteiger partial charge >= 0.3 is 0 Å². The van der Waals surface area contributed by atoms with Crippen molar-refractivity contribution in [2.24, 2.45) is 0 Å². The summed E-state index contributed by atoms with van der Waals surface area (Å²) >= 11 is 3.30. The molecule has 0 atom stereocenters. The molecule has 0 amide bonds. The maximum absolute atomic E-state index is 13.2. The summed E-state index contributed by atoms with van der Waals surface area (Å²) in [5.74, 6) is 0.752. The summed E-state index contributed by atoms with van der Waals surface area (Å²) in [5, 5.41) is 4.72. The largest absolute Gasteiger partial charge is 0.284 e. The molecule has 2 heterocycles. The van der Waals surface area contributed by atoms with Crippen molar-refractivity contribution in [2.75, 3.05) is 0 Å².